The van der Waals surface area contributed by atoms with Crippen molar-refractivity contribution in [2.24, 2.45) is 5.10 Å². The molecular weight excluding hydrogens is 324 g/mol. The van der Waals surface area contributed by atoms with Crippen LogP contribution < -0.4 is 10.2 Å². The second kappa shape index (κ2) is 7.77. The standard InChI is InChI=1S/C15H15F2N3O2S/c1-9(11-3-5-13(6-4-11)22-15(16)17)19-20-14(21)7-12-8-23-10(2)18-12/h3-6,8,15H,7H2,1-2H3,(H,20,21)/b19-9-. The first kappa shape index (κ1) is 17.0. The van der Waals surface area contributed by atoms with Gasteiger partial charge in [0.05, 0.1) is 22.8 Å². The number of carbonyl (C=O) groups is 1. The van der Waals surface area contributed by atoms with E-state index in [1.165, 1.54) is 23.5 Å². The summed E-state index contributed by atoms with van der Waals surface area (Å²) in [6, 6.07) is 6.01. The molecule has 0 fully saturated rings. The first-order valence-corrected chi connectivity index (χ1v) is 7.61. The average Bonchev–Trinajstić information content (AvgIpc) is 2.90. The minimum absolute atomic E-state index is 0.0690. The molecule has 122 valence electrons. The summed E-state index contributed by atoms with van der Waals surface area (Å²) in [5.41, 5.74) is 4.39. The van der Waals surface area contributed by atoms with E-state index in [-0.39, 0.29) is 18.1 Å². The van der Waals surface area contributed by atoms with E-state index in [0.717, 1.165) is 5.01 Å². The molecular formula is C15H15F2N3O2S. The fourth-order valence-corrected chi connectivity index (χ4v) is 2.39. The molecule has 0 aliphatic heterocycles. The molecule has 0 unspecified atom stereocenters. The van der Waals surface area contributed by atoms with Gasteiger partial charge in [-0.2, -0.15) is 13.9 Å². The molecule has 23 heavy (non-hydrogen) atoms. The molecule has 5 nitrogen and oxygen atoms in total. The van der Waals surface area contributed by atoms with Gasteiger partial charge in [0.15, 0.2) is 0 Å². The van der Waals surface area contributed by atoms with Crippen molar-refractivity contribution < 1.29 is 18.3 Å². The quantitative estimate of drug-likeness (QED) is 0.650. The van der Waals surface area contributed by atoms with Gasteiger partial charge in [-0.15, -0.1) is 11.3 Å². The van der Waals surface area contributed by atoms with Gasteiger partial charge in [-0.25, -0.2) is 10.4 Å². The molecule has 1 N–H and O–H groups in total. The van der Waals surface area contributed by atoms with Crippen molar-refractivity contribution in [3.05, 3.63) is 45.9 Å². The number of hydrogen-bond acceptors (Lipinski definition) is 5. The Morgan fingerprint density at radius 2 is 2.09 bits per heavy atom. The monoisotopic (exact) mass is 339 g/mol. The maximum atomic E-state index is 12.1. The predicted molar refractivity (Wildman–Crippen MR) is 84.0 cm³/mol. The number of nitrogens with one attached hydrogen (secondary N) is 1. The summed E-state index contributed by atoms with van der Waals surface area (Å²) in [4.78, 5) is 16.0. The predicted octanol–water partition coefficient (Wildman–Crippen LogP) is 3.14. The van der Waals surface area contributed by atoms with E-state index in [1.54, 1.807) is 19.1 Å². The van der Waals surface area contributed by atoms with E-state index in [1.807, 2.05) is 12.3 Å². The zero-order valence-corrected chi connectivity index (χ0v) is 13.4. The summed E-state index contributed by atoms with van der Waals surface area (Å²) in [6.07, 6.45) is 0.155. The van der Waals surface area contributed by atoms with Crippen molar-refractivity contribution in [2.45, 2.75) is 26.9 Å². The number of hydrogen-bond donors (Lipinski definition) is 1. The lowest BCUT2D eigenvalue weighted by Gasteiger charge is -2.06. The lowest BCUT2D eigenvalue weighted by Crippen LogP contribution is -2.21. The van der Waals surface area contributed by atoms with Crippen molar-refractivity contribution in [1.29, 1.82) is 0 Å². The number of alkyl halides is 2. The minimum Gasteiger partial charge on any atom is -0.435 e. The molecule has 0 saturated carbocycles. The van der Waals surface area contributed by atoms with Gasteiger partial charge in [-0.1, -0.05) is 0 Å². The number of amides is 1. The van der Waals surface area contributed by atoms with Crippen LogP contribution in [0, 0.1) is 6.92 Å². The van der Waals surface area contributed by atoms with E-state index in [4.69, 9.17) is 0 Å². The Hall–Kier alpha value is -2.35. The number of ether oxygens (including phenoxy) is 1. The maximum absolute atomic E-state index is 12.1. The molecule has 0 radical (unpaired) electrons. The Morgan fingerprint density at radius 3 is 2.65 bits per heavy atom. The van der Waals surface area contributed by atoms with Crippen LogP contribution in [-0.2, 0) is 11.2 Å². The molecule has 0 saturated heterocycles. The summed E-state index contributed by atoms with van der Waals surface area (Å²) in [5, 5.41) is 6.72. The first-order chi connectivity index (χ1) is 10.9. The average molecular weight is 339 g/mol. The molecule has 2 rings (SSSR count). The Labute approximate surface area is 136 Å². The van der Waals surface area contributed by atoms with Crippen molar-refractivity contribution >= 4 is 23.0 Å². The van der Waals surface area contributed by atoms with Crippen LogP contribution in [0.15, 0.2) is 34.7 Å². The van der Waals surface area contributed by atoms with E-state index in [2.05, 4.69) is 20.2 Å². The number of hydrazone groups is 1. The Bertz CT molecular complexity index is 699. The van der Waals surface area contributed by atoms with Gasteiger partial charge in [0.25, 0.3) is 0 Å². The number of carbonyl (C=O) groups excluding carboxylic acids is 1. The highest BCUT2D eigenvalue weighted by atomic mass is 32.1. The van der Waals surface area contributed by atoms with Crippen LogP contribution in [0.2, 0.25) is 0 Å². The van der Waals surface area contributed by atoms with Crippen molar-refractivity contribution in [1.82, 2.24) is 10.4 Å². The van der Waals surface area contributed by atoms with E-state index >= 15 is 0 Å². The van der Waals surface area contributed by atoms with Crippen LogP contribution in [0.1, 0.15) is 23.2 Å². The van der Waals surface area contributed by atoms with Crippen LogP contribution in [-0.4, -0.2) is 23.2 Å². The molecule has 0 atom stereocenters. The third kappa shape index (κ3) is 5.41. The molecule has 1 heterocycles. The first-order valence-electron chi connectivity index (χ1n) is 6.73. The van der Waals surface area contributed by atoms with Crippen LogP contribution in [0.5, 0.6) is 5.75 Å². The van der Waals surface area contributed by atoms with Crippen molar-refractivity contribution in [3.8, 4) is 5.75 Å². The van der Waals surface area contributed by atoms with Crippen LogP contribution in [0.25, 0.3) is 0 Å². The topological polar surface area (TPSA) is 63.6 Å². The van der Waals surface area contributed by atoms with Crippen molar-refractivity contribution in [3.63, 3.8) is 0 Å². The molecule has 2 aromatic rings. The zero-order valence-electron chi connectivity index (χ0n) is 12.5. The highest BCUT2D eigenvalue weighted by Crippen LogP contribution is 2.15. The van der Waals surface area contributed by atoms with Crippen LogP contribution in [0.4, 0.5) is 8.78 Å². The third-order valence-electron chi connectivity index (χ3n) is 2.85. The summed E-state index contributed by atoms with van der Waals surface area (Å²) in [6.45, 7) is 0.718. The Kier molecular flexibility index (Phi) is 5.75. The molecule has 1 aromatic heterocycles. The maximum Gasteiger partial charge on any atom is 0.387 e. The fourth-order valence-electron chi connectivity index (χ4n) is 1.78. The van der Waals surface area contributed by atoms with Gasteiger partial charge < -0.3 is 4.74 Å². The third-order valence-corrected chi connectivity index (χ3v) is 3.68. The highest BCUT2D eigenvalue weighted by Gasteiger charge is 2.07. The molecule has 0 aliphatic carbocycles. The smallest absolute Gasteiger partial charge is 0.387 e. The molecule has 0 spiro atoms. The highest BCUT2D eigenvalue weighted by molar-refractivity contribution is 7.09. The molecule has 1 amide bonds. The van der Waals surface area contributed by atoms with Crippen LogP contribution >= 0.6 is 11.3 Å². The normalized spacial score (nSPS) is 11.6. The van der Waals surface area contributed by atoms with E-state index < -0.39 is 6.61 Å². The minimum atomic E-state index is -2.86. The summed E-state index contributed by atoms with van der Waals surface area (Å²) < 4.78 is 28.4. The molecule has 0 aliphatic rings. The number of benzene rings is 1. The van der Waals surface area contributed by atoms with Gasteiger partial charge in [0.2, 0.25) is 5.91 Å². The Balaban J connectivity index is 1.92. The van der Waals surface area contributed by atoms with Gasteiger partial charge in [0, 0.05) is 5.38 Å². The largest absolute Gasteiger partial charge is 0.435 e. The summed E-state index contributed by atoms with van der Waals surface area (Å²) >= 11 is 1.48. The van der Waals surface area contributed by atoms with Crippen LogP contribution in [0.3, 0.4) is 0 Å². The zero-order chi connectivity index (χ0) is 16.8. The van der Waals surface area contributed by atoms with Gasteiger partial charge in [0.1, 0.15) is 5.75 Å². The summed E-state index contributed by atoms with van der Waals surface area (Å²) in [5.74, 6) is -0.202. The Morgan fingerprint density at radius 1 is 1.39 bits per heavy atom. The van der Waals surface area contributed by atoms with Gasteiger partial charge in [-0.05, 0) is 43.7 Å². The lowest BCUT2D eigenvalue weighted by atomic mass is 10.1. The number of aryl methyl sites for hydroxylation is 1. The van der Waals surface area contributed by atoms with Gasteiger partial charge >= 0.3 is 6.61 Å². The van der Waals surface area contributed by atoms with E-state index in [0.29, 0.717) is 17.0 Å². The second-order valence-corrected chi connectivity index (χ2v) is 5.73. The van der Waals surface area contributed by atoms with Crippen molar-refractivity contribution in [2.75, 3.05) is 0 Å². The fraction of sp³-hybridized carbons (Fsp3) is 0.267. The number of aromatic nitrogens is 1. The number of nitrogens with zero attached hydrogens (tertiary/aromatic N) is 2. The number of thiazole rings is 1. The van der Waals surface area contributed by atoms with Gasteiger partial charge in [-0.3, -0.25) is 4.79 Å². The second-order valence-electron chi connectivity index (χ2n) is 4.67. The lowest BCUT2D eigenvalue weighted by molar-refractivity contribution is -0.120. The summed E-state index contributed by atoms with van der Waals surface area (Å²) in [7, 11) is 0. The SMILES string of the molecule is C/C(=N/NC(=O)Cc1csc(C)n1)c1ccc(OC(F)F)cc1. The molecule has 0 bridgehead atoms. The van der Waals surface area contributed by atoms with E-state index in [9.17, 15) is 13.6 Å². The molecule has 1 aromatic carbocycles. The number of rotatable bonds is 6. The molecule has 8 heteroatoms. The number of halogens is 2.